The van der Waals surface area contributed by atoms with Crippen molar-refractivity contribution < 1.29 is 9.53 Å². The molecule has 2 rings (SSSR count). The van der Waals surface area contributed by atoms with Gasteiger partial charge >= 0.3 is 0 Å². The first-order valence-electron chi connectivity index (χ1n) is 4.56. The van der Waals surface area contributed by atoms with Crippen LogP contribution in [0.3, 0.4) is 0 Å². The van der Waals surface area contributed by atoms with Crippen LogP contribution < -0.4 is 15.8 Å². The van der Waals surface area contributed by atoms with Gasteiger partial charge in [-0.2, -0.15) is 0 Å². The van der Waals surface area contributed by atoms with E-state index < -0.39 is 0 Å². The van der Waals surface area contributed by atoms with Gasteiger partial charge in [0.15, 0.2) is 0 Å². The standard InChI is InChI=1S/C10H12N2O2/c11-4-5-14-9-3-1-2-8-7(9)6-10(13)12-8/h1-3H,4-6,11H2,(H,12,13). The van der Waals surface area contributed by atoms with E-state index in [1.54, 1.807) is 0 Å². The van der Waals surface area contributed by atoms with E-state index in [1.165, 1.54) is 0 Å². The van der Waals surface area contributed by atoms with Crippen molar-refractivity contribution in [1.82, 2.24) is 0 Å². The van der Waals surface area contributed by atoms with Crippen LogP contribution in [-0.2, 0) is 11.2 Å². The molecule has 1 aromatic carbocycles. The largest absolute Gasteiger partial charge is 0.492 e. The van der Waals surface area contributed by atoms with Crippen LogP contribution in [0.1, 0.15) is 5.56 Å². The number of benzene rings is 1. The quantitative estimate of drug-likeness (QED) is 0.733. The van der Waals surface area contributed by atoms with Crippen LogP contribution in [0.25, 0.3) is 0 Å². The fourth-order valence-electron chi connectivity index (χ4n) is 1.52. The van der Waals surface area contributed by atoms with Crippen molar-refractivity contribution in [2.75, 3.05) is 18.5 Å². The highest BCUT2D eigenvalue weighted by atomic mass is 16.5. The molecule has 0 fully saturated rings. The number of amides is 1. The molecule has 4 nitrogen and oxygen atoms in total. The minimum atomic E-state index is 0.0174. The lowest BCUT2D eigenvalue weighted by Crippen LogP contribution is -2.11. The third kappa shape index (κ3) is 1.56. The fourth-order valence-corrected chi connectivity index (χ4v) is 1.52. The summed E-state index contributed by atoms with van der Waals surface area (Å²) in [6.45, 7) is 0.954. The molecule has 1 aliphatic rings. The van der Waals surface area contributed by atoms with E-state index in [0.717, 1.165) is 17.0 Å². The number of anilines is 1. The normalized spacial score (nSPS) is 13.6. The number of fused-ring (bicyclic) bond motifs is 1. The Balaban J connectivity index is 2.25. The number of carbonyl (C=O) groups excluding carboxylic acids is 1. The van der Waals surface area contributed by atoms with E-state index in [4.69, 9.17) is 10.5 Å². The number of hydrogen-bond donors (Lipinski definition) is 2. The van der Waals surface area contributed by atoms with Gasteiger partial charge in [-0.3, -0.25) is 4.79 Å². The lowest BCUT2D eigenvalue weighted by Gasteiger charge is -2.08. The summed E-state index contributed by atoms with van der Waals surface area (Å²) in [5.74, 6) is 0.773. The van der Waals surface area contributed by atoms with Crippen LogP contribution in [0.4, 0.5) is 5.69 Å². The van der Waals surface area contributed by atoms with E-state index in [9.17, 15) is 4.79 Å². The summed E-state index contributed by atoms with van der Waals surface area (Å²) >= 11 is 0. The van der Waals surface area contributed by atoms with E-state index in [2.05, 4.69) is 5.32 Å². The molecule has 1 amide bonds. The van der Waals surface area contributed by atoms with Gasteiger partial charge in [-0.05, 0) is 12.1 Å². The van der Waals surface area contributed by atoms with Gasteiger partial charge in [0.1, 0.15) is 12.4 Å². The zero-order valence-electron chi connectivity index (χ0n) is 7.75. The molecule has 74 valence electrons. The number of carbonyl (C=O) groups is 1. The molecule has 1 heterocycles. The molecule has 4 heteroatoms. The second-order valence-electron chi connectivity index (χ2n) is 3.14. The molecule has 0 bridgehead atoms. The van der Waals surface area contributed by atoms with Crippen LogP contribution in [0.15, 0.2) is 18.2 Å². The van der Waals surface area contributed by atoms with Crippen LogP contribution in [0, 0.1) is 0 Å². The molecule has 0 saturated carbocycles. The molecule has 0 unspecified atom stereocenters. The van der Waals surface area contributed by atoms with E-state index in [-0.39, 0.29) is 5.91 Å². The van der Waals surface area contributed by atoms with Gasteiger partial charge in [0.2, 0.25) is 5.91 Å². The molecule has 1 aromatic rings. The van der Waals surface area contributed by atoms with Gasteiger partial charge < -0.3 is 15.8 Å². The second kappa shape index (κ2) is 3.67. The Kier molecular flexibility index (Phi) is 2.37. The van der Waals surface area contributed by atoms with E-state index in [0.29, 0.717) is 19.6 Å². The molecule has 0 aliphatic carbocycles. The number of nitrogens with one attached hydrogen (secondary N) is 1. The zero-order chi connectivity index (χ0) is 9.97. The minimum Gasteiger partial charge on any atom is -0.492 e. The molecule has 1 aliphatic heterocycles. The lowest BCUT2D eigenvalue weighted by atomic mass is 10.1. The van der Waals surface area contributed by atoms with Crippen molar-refractivity contribution in [2.24, 2.45) is 5.73 Å². The van der Waals surface area contributed by atoms with E-state index >= 15 is 0 Å². The van der Waals surface area contributed by atoms with Gasteiger partial charge in [-0.25, -0.2) is 0 Å². The molecule has 3 N–H and O–H groups in total. The van der Waals surface area contributed by atoms with Crippen molar-refractivity contribution in [3.63, 3.8) is 0 Å². The molecule has 0 spiro atoms. The highest BCUT2D eigenvalue weighted by Crippen LogP contribution is 2.31. The monoisotopic (exact) mass is 192 g/mol. The minimum absolute atomic E-state index is 0.0174. The highest BCUT2D eigenvalue weighted by molar-refractivity contribution is 6.00. The summed E-state index contributed by atoms with van der Waals surface area (Å²) < 4.78 is 5.43. The average molecular weight is 192 g/mol. The third-order valence-corrected chi connectivity index (χ3v) is 2.12. The Morgan fingerprint density at radius 1 is 1.50 bits per heavy atom. The molecule has 0 radical (unpaired) electrons. The van der Waals surface area contributed by atoms with Crippen molar-refractivity contribution >= 4 is 11.6 Å². The van der Waals surface area contributed by atoms with Gasteiger partial charge in [-0.15, -0.1) is 0 Å². The maximum Gasteiger partial charge on any atom is 0.229 e. The lowest BCUT2D eigenvalue weighted by molar-refractivity contribution is -0.115. The molecule has 0 aromatic heterocycles. The fraction of sp³-hybridized carbons (Fsp3) is 0.300. The summed E-state index contributed by atoms with van der Waals surface area (Å²) in [4.78, 5) is 11.1. The molecule has 14 heavy (non-hydrogen) atoms. The maximum atomic E-state index is 11.1. The first-order valence-corrected chi connectivity index (χ1v) is 4.56. The predicted molar refractivity (Wildman–Crippen MR) is 53.3 cm³/mol. The Morgan fingerprint density at radius 3 is 3.14 bits per heavy atom. The molecular weight excluding hydrogens is 180 g/mol. The van der Waals surface area contributed by atoms with Gasteiger partial charge in [0.25, 0.3) is 0 Å². The smallest absolute Gasteiger partial charge is 0.229 e. The van der Waals surface area contributed by atoms with Gasteiger partial charge in [0, 0.05) is 17.8 Å². The molecule has 0 saturated heterocycles. The maximum absolute atomic E-state index is 11.1. The summed E-state index contributed by atoms with van der Waals surface area (Å²) in [5.41, 5.74) is 7.13. The van der Waals surface area contributed by atoms with Crippen molar-refractivity contribution in [3.8, 4) is 5.75 Å². The van der Waals surface area contributed by atoms with E-state index in [1.807, 2.05) is 18.2 Å². The molecular formula is C10H12N2O2. The topological polar surface area (TPSA) is 64.3 Å². The highest BCUT2D eigenvalue weighted by Gasteiger charge is 2.20. The third-order valence-electron chi connectivity index (χ3n) is 2.12. The number of hydrogen-bond acceptors (Lipinski definition) is 3. The second-order valence-corrected chi connectivity index (χ2v) is 3.14. The van der Waals surface area contributed by atoms with Crippen LogP contribution in [0.5, 0.6) is 5.75 Å². The predicted octanol–water partition coefficient (Wildman–Crippen LogP) is 0.519. The van der Waals surface area contributed by atoms with Crippen molar-refractivity contribution in [2.45, 2.75) is 6.42 Å². The van der Waals surface area contributed by atoms with Crippen LogP contribution in [-0.4, -0.2) is 19.1 Å². The Labute approximate surface area is 82.1 Å². The summed E-state index contributed by atoms with van der Waals surface area (Å²) in [6.07, 6.45) is 0.399. The van der Waals surface area contributed by atoms with Crippen molar-refractivity contribution in [1.29, 1.82) is 0 Å². The average Bonchev–Trinajstić information content (AvgIpc) is 2.55. The Hall–Kier alpha value is -1.55. The van der Waals surface area contributed by atoms with Crippen molar-refractivity contribution in [3.05, 3.63) is 23.8 Å². The summed E-state index contributed by atoms with van der Waals surface area (Å²) in [5, 5.41) is 2.76. The number of rotatable bonds is 3. The Morgan fingerprint density at radius 2 is 2.36 bits per heavy atom. The summed E-state index contributed by atoms with van der Waals surface area (Å²) in [6, 6.07) is 5.58. The van der Waals surface area contributed by atoms with Gasteiger partial charge in [0.05, 0.1) is 6.42 Å². The summed E-state index contributed by atoms with van der Waals surface area (Å²) in [7, 11) is 0. The Bertz CT molecular complexity index is 363. The first kappa shape index (κ1) is 9.02. The first-order chi connectivity index (χ1) is 6.81. The van der Waals surface area contributed by atoms with Crippen LogP contribution in [0.2, 0.25) is 0 Å². The van der Waals surface area contributed by atoms with Gasteiger partial charge in [-0.1, -0.05) is 6.07 Å². The SMILES string of the molecule is NCCOc1cccc2c1CC(=O)N2. The number of nitrogens with two attached hydrogens (primary N) is 1. The number of ether oxygens (including phenoxy) is 1. The zero-order valence-corrected chi connectivity index (χ0v) is 7.75. The van der Waals surface area contributed by atoms with Crippen LogP contribution >= 0.6 is 0 Å². The molecule has 0 atom stereocenters.